The van der Waals surface area contributed by atoms with Crippen LogP contribution in [0.3, 0.4) is 0 Å². The smallest absolute Gasteiger partial charge is 0.321 e. The molecule has 0 spiro atoms. The fourth-order valence-electron chi connectivity index (χ4n) is 5.92. The largest absolute Gasteiger partial charge is 0.480 e. The van der Waals surface area contributed by atoms with E-state index in [0.717, 1.165) is 70.8 Å². The first-order valence-electron chi connectivity index (χ1n) is 13.2. The van der Waals surface area contributed by atoms with E-state index in [1.807, 2.05) is 32.3 Å². The Hall–Kier alpha value is -2.35. The number of benzene rings is 1. The van der Waals surface area contributed by atoms with E-state index in [-0.39, 0.29) is 5.92 Å². The second kappa shape index (κ2) is 12.6. The van der Waals surface area contributed by atoms with Crippen LogP contribution in [0.1, 0.15) is 50.4 Å². The predicted octanol–water partition coefficient (Wildman–Crippen LogP) is 3.29. The number of nitrogens with zero attached hydrogens (tertiary/aromatic N) is 4. The zero-order chi connectivity index (χ0) is 24.6. The highest BCUT2D eigenvalue weighted by molar-refractivity contribution is 5.73. The highest BCUT2D eigenvalue weighted by Gasteiger charge is 2.41. The third-order valence-corrected chi connectivity index (χ3v) is 7.68. The van der Waals surface area contributed by atoms with E-state index in [9.17, 15) is 9.90 Å². The molecule has 0 amide bonds. The Balaban J connectivity index is 1.28. The SMILES string of the molecule is CC(C)[C@H](C(=O)O)N1C[C@H](CN2CCC(NCCCc3ncccn3)CC2)[C@@H](c2ccccc2)C1. The van der Waals surface area contributed by atoms with Crippen LogP contribution in [-0.2, 0) is 11.2 Å². The maximum absolute atomic E-state index is 12.0. The molecule has 2 aliphatic heterocycles. The van der Waals surface area contributed by atoms with Crippen molar-refractivity contribution in [3.8, 4) is 0 Å². The summed E-state index contributed by atoms with van der Waals surface area (Å²) in [5.74, 6) is 1.16. The van der Waals surface area contributed by atoms with Gasteiger partial charge in [0.15, 0.2) is 0 Å². The molecule has 1 aromatic heterocycles. The molecule has 0 bridgehead atoms. The van der Waals surface area contributed by atoms with Crippen LogP contribution in [0.25, 0.3) is 0 Å². The van der Waals surface area contributed by atoms with Gasteiger partial charge in [0, 0.05) is 50.4 Å². The highest BCUT2D eigenvalue weighted by atomic mass is 16.4. The lowest BCUT2D eigenvalue weighted by Gasteiger charge is -2.35. The number of carboxylic acids is 1. The van der Waals surface area contributed by atoms with E-state index in [1.54, 1.807) is 0 Å². The topological polar surface area (TPSA) is 81.6 Å². The molecule has 2 saturated heterocycles. The van der Waals surface area contributed by atoms with Crippen molar-refractivity contribution in [1.82, 2.24) is 25.1 Å². The standard InChI is InChI=1S/C28H41N5O2/c1-21(2)27(28(34)35)33-19-23(25(20-33)22-8-4-3-5-9-22)18-32-16-11-24(12-17-32)29-13-6-10-26-30-14-7-15-31-26/h3-5,7-9,14-15,21,23-25,27,29H,6,10-13,16-20H2,1-2H3,(H,34,35)/t23-,25+,27+/m0/s1. The summed E-state index contributed by atoms with van der Waals surface area (Å²) in [6.07, 6.45) is 7.92. The predicted molar refractivity (Wildman–Crippen MR) is 138 cm³/mol. The van der Waals surface area contributed by atoms with Gasteiger partial charge >= 0.3 is 5.97 Å². The molecule has 190 valence electrons. The van der Waals surface area contributed by atoms with Crippen LogP contribution in [-0.4, -0.2) is 82.2 Å². The fourth-order valence-corrected chi connectivity index (χ4v) is 5.92. The van der Waals surface area contributed by atoms with E-state index in [4.69, 9.17) is 0 Å². The van der Waals surface area contributed by atoms with Crippen molar-refractivity contribution in [2.24, 2.45) is 11.8 Å². The molecular weight excluding hydrogens is 438 g/mol. The molecule has 7 heteroatoms. The molecule has 1 aromatic carbocycles. The summed E-state index contributed by atoms with van der Waals surface area (Å²) in [5.41, 5.74) is 1.34. The molecule has 0 radical (unpaired) electrons. The number of carbonyl (C=O) groups is 1. The van der Waals surface area contributed by atoms with Gasteiger partial charge in [-0.25, -0.2) is 9.97 Å². The number of piperidine rings is 1. The molecule has 4 rings (SSSR count). The van der Waals surface area contributed by atoms with Gasteiger partial charge in [-0.1, -0.05) is 44.2 Å². The van der Waals surface area contributed by atoms with E-state index in [2.05, 4.69) is 55.4 Å². The summed E-state index contributed by atoms with van der Waals surface area (Å²) < 4.78 is 0. The summed E-state index contributed by atoms with van der Waals surface area (Å²) >= 11 is 0. The number of rotatable bonds is 11. The van der Waals surface area contributed by atoms with Gasteiger partial charge in [0.25, 0.3) is 0 Å². The van der Waals surface area contributed by atoms with Gasteiger partial charge in [0.2, 0.25) is 0 Å². The minimum absolute atomic E-state index is 0.0953. The third kappa shape index (κ3) is 7.09. The second-order valence-electron chi connectivity index (χ2n) is 10.6. The van der Waals surface area contributed by atoms with Crippen LogP contribution in [0.5, 0.6) is 0 Å². The number of likely N-dealkylation sites (tertiary alicyclic amines) is 2. The monoisotopic (exact) mass is 479 g/mol. The quantitative estimate of drug-likeness (QED) is 0.479. The van der Waals surface area contributed by atoms with Crippen LogP contribution in [0.4, 0.5) is 0 Å². The van der Waals surface area contributed by atoms with Crippen LogP contribution in [0.15, 0.2) is 48.8 Å². The van der Waals surface area contributed by atoms with Crippen LogP contribution >= 0.6 is 0 Å². The lowest BCUT2D eigenvalue weighted by molar-refractivity contribution is -0.144. The third-order valence-electron chi connectivity index (χ3n) is 7.68. The summed E-state index contributed by atoms with van der Waals surface area (Å²) in [6, 6.07) is 12.7. The van der Waals surface area contributed by atoms with Crippen molar-refractivity contribution in [2.45, 2.75) is 57.5 Å². The van der Waals surface area contributed by atoms with Gasteiger partial charge in [-0.3, -0.25) is 9.69 Å². The number of aliphatic carboxylic acids is 1. The lowest BCUT2D eigenvalue weighted by Crippen LogP contribution is -2.46. The summed E-state index contributed by atoms with van der Waals surface area (Å²) in [5, 5.41) is 13.6. The van der Waals surface area contributed by atoms with Gasteiger partial charge in [-0.15, -0.1) is 0 Å². The van der Waals surface area contributed by atoms with Crippen molar-refractivity contribution in [1.29, 1.82) is 0 Å². The Morgan fingerprint density at radius 1 is 1.09 bits per heavy atom. The molecule has 2 aliphatic rings. The second-order valence-corrected chi connectivity index (χ2v) is 10.6. The molecule has 0 unspecified atom stereocenters. The van der Waals surface area contributed by atoms with E-state index in [0.29, 0.717) is 17.9 Å². The summed E-state index contributed by atoms with van der Waals surface area (Å²) in [4.78, 5) is 25.5. The van der Waals surface area contributed by atoms with E-state index >= 15 is 0 Å². The molecule has 3 heterocycles. The average molecular weight is 480 g/mol. The molecule has 35 heavy (non-hydrogen) atoms. The molecule has 0 saturated carbocycles. The van der Waals surface area contributed by atoms with Crippen molar-refractivity contribution in [2.75, 3.05) is 39.3 Å². The van der Waals surface area contributed by atoms with Gasteiger partial charge in [0.05, 0.1) is 0 Å². The van der Waals surface area contributed by atoms with E-state index < -0.39 is 12.0 Å². The van der Waals surface area contributed by atoms with Crippen molar-refractivity contribution >= 4 is 5.97 Å². The van der Waals surface area contributed by atoms with Crippen molar-refractivity contribution in [3.63, 3.8) is 0 Å². The zero-order valence-electron chi connectivity index (χ0n) is 21.2. The maximum atomic E-state index is 12.0. The fraction of sp³-hybridized carbons (Fsp3) is 0.607. The highest BCUT2D eigenvalue weighted by Crippen LogP contribution is 2.36. The Morgan fingerprint density at radius 3 is 2.46 bits per heavy atom. The van der Waals surface area contributed by atoms with Crippen LogP contribution in [0.2, 0.25) is 0 Å². The first-order chi connectivity index (χ1) is 17.0. The molecule has 3 atom stereocenters. The van der Waals surface area contributed by atoms with Gasteiger partial charge in [-0.2, -0.15) is 0 Å². The van der Waals surface area contributed by atoms with Crippen molar-refractivity contribution in [3.05, 3.63) is 60.2 Å². The number of nitrogens with one attached hydrogen (secondary N) is 1. The number of aromatic nitrogens is 2. The number of hydrogen-bond donors (Lipinski definition) is 2. The van der Waals surface area contributed by atoms with E-state index in [1.165, 1.54) is 5.56 Å². The Kier molecular flexibility index (Phi) is 9.24. The lowest BCUT2D eigenvalue weighted by atomic mass is 9.88. The normalized spacial score (nSPS) is 23.1. The van der Waals surface area contributed by atoms with Gasteiger partial charge in [-0.05, 0) is 62.4 Å². The molecule has 0 aliphatic carbocycles. The molecule has 2 fully saturated rings. The minimum Gasteiger partial charge on any atom is -0.480 e. The summed E-state index contributed by atoms with van der Waals surface area (Å²) in [7, 11) is 0. The van der Waals surface area contributed by atoms with Crippen molar-refractivity contribution < 1.29 is 9.90 Å². The first-order valence-corrected chi connectivity index (χ1v) is 13.2. The molecule has 2 aromatic rings. The number of hydrogen-bond acceptors (Lipinski definition) is 6. The maximum Gasteiger partial charge on any atom is 0.321 e. The Bertz CT molecular complexity index is 902. The van der Waals surface area contributed by atoms with Gasteiger partial charge in [0.1, 0.15) is 11.9 Å². The summed E-state index contributed by atoms with van der Waals surface area (Å²) in [6.45, 7) is 9.97. The zero-order valence-corrected chi connectivity index (χ0v) is 21.2. The van der Waals surface area contributed by atoms with Crippen LogP contribution in [0, 0.1) is 11.8 Å². The first kappa shape index (κ1) is 25.7. The number of carboxylic acid groups (broad SMARTS) is 1. The number of aryl methyl sites for hydroxylation is 1. The molecule has 2 N–H and O–H groups in total. The molecular formula is C28H41N5O2. The minimum atomic E-state index is -0.696. The Labute approximate surface area is 210 Å². The molecule has 7 nitrogen and oxygen atoms in total. The van der Waals surface area contributed by atoms with Crippen LogP contribution < -0.4 is 5.32 Å². The Morgan fingerprint density at radius 2 is 1.80 bits per heavy atom. The van der Waals surface area contributed by atoms with Gasteiger partial charge < -0.3 is 15.3 Å². The average Bonchev–Trinajstić information content (AvgIpc) is 3.26.